The standard InChI is InChI=1S/C18H27NO3S/c1-15(2)7-8-19(12-18-6-4-10-23-18)11-16(20)13-21-14-17-5-3-9-22-17/h3-6,9-10,15-16,20H,7-8,11-14H2,1-2H3/t16-/m0/s1. The van der Waals surface area contributed by atoms with Crippen molar-refractivity contribution in [3.63, 3.8) is 0 Å². The van der Waals surface area contributed by atoms with Crippen molar-refractivity contribution in [2.75, 3.05) is 19.7 Å². The largest absolute Gasteiger partial charge is 0.467 e. The Morgan fingerprint density at radius 2 is 2.17 bits per heavy atom. The molecule has 0 fully saturated rings. The molecule has 1 N–H and O–H groups in total. The third kappa shape index (κ3) is 7.31. The lowest BCUT2D eigenvalue weighted by atomic mass is 10.1. The zero-order valence-corrected chi connectivity index (χ0v) is 14.8. The Bertz CT molecular complexity index is 510. The number of hydrogen-bond donors (Lipinski definition) is 1. The first-order valence-electron chi connectivity index (χ1n) is 8.16. The van der Waals surface area contributed by atoms with E-state index in [1.807, 2.05) is 12.1 Å². The number of aliphatic hydroxyl groups is 1. The van der Waals surface area contributed by atoms with Gasteiger partial charge in [0.1, 0.15) is 12.4 Å². The summed E-state index contributed by atoms with van der Waals surface area (Å²) in [5.74, 6) is 1.45. The zero-order chi connectivity index (χ0) is 16.5. The highest BCUT2D eigenvalue weighted by Gasteiger charge is 2.14. The lowest BCUT2D eigenvalue weighted by Gasteiger charge is -2.25. The number of furan rings is 1. The molecule has 0 aliphatic carbocycles. The monoisotopic (exact) mass is 337 g/mol. The van der Waals surface area contributed by atoms with Gasteiger partial charge in [-0.15, -0.1) is 11.3 Å². The summed E-state index contributed by atoms with van der Waals surface area (Å²) >= 11 is 1.76. The molecule has 0 spiro atoms. The molecule has 2 aromatic rings. The predicted molar refractivity (Wildman–Crippen MR) is 93.4 cm³/mol. The third-order valence-corrected chi connectivity index (χ3v) is 4.45. The third-order valence-electron chi connectivity index (χ3n) is 3.59. The molecule has 4 nitrogen and oxygen atoms in total. The first kappa shape index (κ1) is 18.2. The van der Waals surface area contributed by atoms with Gasteiger partial charge in [-0.3, -0.25) is 4.90 Å². The van der Waals surface area contributed by atoms with Gasteiger partial charge in [0.05, 0.1) is 19.0 Å². The van der Waals surface area contributed by atoms with Gasteiger partial charge in [-0.25, -0.2) is 0 Å². The van der Waals surface area contributed by atoms with Crippen LogP contribution in [-0.4, -0.2) is 35.8 Å². The van der Waals surface area contributed by atoms with E-state index in [4.69, 9.17) is 9.15 Å². The highest BCUT2D eigenvalue weighted by molar-refractivity contribution is 7.09. The van der Waals surface area contributed by atoms with Crippen LogP contribution < -0.4 is 0 Å². The van der Waals surface area contributed by atoms with Crippen LogP contribution in [0.15, 0.2) is 40.3 Å². The molecule has 0 radical (unpaired) electrons. The van der Waals surface area contributed by atoms with Gasteiger partial charge in [0, 0.05) is 18.0 Å². The highest BCUT2D eigenvalue weighted by Crippen LogP contribution is 2.14. The van der Waals surface area contributed by atoms with Gasteiger partial charge in [-0.2, -0.15) is 0 Å². The lowest BCUT2D eigenvalue weighted by Crippen LogP contribution is -2.35. The minimum atomic E-state index is -0.489. The van der Waals surface area contributed by atoms with Gasteiger partial charge >= 0.3 is 0 Å². The molecular weight excluding hydrogens is 310 g/mol. The second kappa shape index (κ2) is 9.88. The lowest BCUT2D eigenvalue weighted by molar-refractivity contribution is 0.00340. The van der Waals surface area contributed by atoms with Gasteiger partial charge in [-0.05, 0) is 42.5 Å². The molecule has 0 aliphatic rings. The first-order chi connectivity index (χ1) is 11.1. The van der Waals surface area contributed by atoms with Crippen molar-refractivity contribution < 1.29 is 14.3 Å². The molecule has 5 heteroatoms. The number of ether oxygens (including phenoxy) is 1. The molecule has 1 atom stereocenters. The zero-order valence-electron chi connectivity index (χ0n) is 14.0. The Balaban J connectivity index is 1.75. The molecule has 2 rings (SSSR count). The van der Waals surface area contributed by atoms with Crippen LogP contribution in [-0.2, 0) is 17.9 Å². The van der Waals surface area contributed by atoms with Crippen LogP contribution in [0.5, 0.6) is 0 Å². The molecule has 0 aliphatic heterocycles. The molecule has 0 aromatic carbocycles. The van der Waals surface area contributed by atoms with E-state index in [0.29, 0.717) is 25.7 Å². The fourth-order valence-corrected chi connectivity index (χ4v) is 3.09. The van der Waals surface area contributed by atoms with Crippen molar-refractivity contribution in [3.8, 4) is 0 Å². The normalized spacial score (nSPS) is 13.1. The van der Waals surface area contributed by atoms with Crippen molar-refractivity contribution in [1.82, 2.24) is 4.90 Å². The smallest absolute Gasteiger partial charge is 0.129 e. The summed E-state index contributed by atoms with van der Waals surface area (Å²) in [7, 11) is 0. The Kier molecular flexibility index (Phi) is 7.82. The highest BCUT2D eigenvalue weighted by atomic mass is 32.1. The Hall–Kier alpha value is -1.14. The fraction of sp³-hybridized carbons (Fsp3) is 0.556. The molecule has 0 bridgehead atoms. The van der Waals surface area contributed by atoms with E-state index in [2.05, 4.69) is 36.3 Å². The summed E-state index contributed by atoms with van der Waals surface area (Å²) < 4.78 is 10.7. The van der Waals surface area contributed by atoms with Crippen molar-refractivity contribution in [1.29, 1.82) is 0 Å². The topological polar surface area (TPSA) is 45.8 Å². The first-order valence-corrected chi connectivity index (χ1v) is 9.04. The fourth-order valence-electron chi connectivity index (χ4n) is 2.34. The Morgan fingerprint density at radius 3 is 2.83 bits per heavy atom. The average molecular weight is 337 g/mol. The van der Waals surface area contributed by atoms with Gasteiger partial charge < -0.3 is 14.3 Å². The van der Waals surface area contributed by atoms with Gasteiger partial charge in [-0.1, -0.05) is 19.9 Å². The molecular formula is C18H27NO3S. The van der Waals surface area contributed by atoms with Crippen LogP contribution in [0.1, 0.15) is 30.9 Å². The van der Waals surface area contributed by atoms with E-state index >= 15 is 0 Å². The number of nitrogens with zero attached hydrogens (tertiary/aromatic N) is 1. The second-order valence-electron chi connectivity index (χ2n) is 6.25. The maximum Gasteiger partial charge on any atom is 0.129 e. The van der Waals surface area contributed by atoms with E-state index < -0.39 is 6.10 Å². The average Bonchev–Trinajstić information content (AvgIpc) is 3.18. The molecule has 2 aromatic heterocycles. The van der Waals surface area contributed by atoms with Crippen molar-refractivity contribution in [2.45, 2.75) is 39.5 Å². The minimum Gasteiger partial charge on any atom is -0.467 e. The van der Waals surface area contributed by atoms with Crippen LogP contribution in [0.4, 0.5) is 0 Å². The minimum absolute atomic E-state index is 0.323. The molecule has 23 heavy (non-hydrogen) atoms. The SMILES string of the molecule is CC(C)CCN(Cc1cccs1)C[C@H](O)COCc1ccco1. The van der Waals surface area contributed by atoms with E-state index in [9.17, 15) is 5.11 Å². The maximum absolute atomic E-state index is 10.2. The van der Waals surface area contributed by atoms with Crippen LogP contribution in [0.2, 0.25) is 0 Å². The molecule has 0 unspecified atom stereocenters. The summed E-state index contributed by atoms with van der Waals surface area (Å²) in [5, 5.41) is 12.3. The van der Waals surface area contributed by atoms with E-state index in [-0.39, 0.29) is 0 Å². The second-order valence-corrected chi connectivity index (χ2v) is 7.28. The number of thiophene rings is 1. The quantitative estimate of drug-likeness (QED) is 0.678. The predicted octanol–water partition coefficient (Wildman–Crippen LogP) is 3.77. The van der Waals surface area contributed by atoms with Crippen molar-refractivity contribution in [3.05, 3.63) is 46.5 Å². The van der Waals surface area contributed by atoms with E-state index in [0.717, 1.165) is 25.3 Å². The van der Waals surface area contributed by atoms with Gasteiger partial charge in [0.15, 0.2) is 0 Å². The molecule has 0 amide bonds. The van der Waals surface area contributed by atoms with E-state index in [1.54, 1.807) is 17.6 Å². The summed E-state index contributed by atoms with van der Waals surface area (Å²) in [6, 6.07) is 7.93. The molecule has 0 saturated heterocycles. The van der Waals surface area contributed by atoms with Crippen LogP contribution >= 0.6 is 11.3 Å². The number of aliphatic hydroxyl groups excluding tert-OH is 1. The maximum atomic E-state index is 10.2. The van der Waals surface area contributed by atoms with E-state index in [1.165, 1.54) is 4.88 Å². The number of hydrogen-bond acceptors (Lipinski definition) is 5. The van der Waals surface area contributed by atoms with Crippen LogP contribution in [0.25, 0.3) is 0 Å². The summed E-state index contributed by atoms with van der Waals surface area (Å²) in [6.07, 6.45) is 2.27. The summed E-state index contributed by atoms with van der Waals surface area (Å²) in [5.41, 5.74) is 0. The Labute approximate surface area is 142 Å². The molecule has 2 heterocycles. The van der Waals surface area contributed by atoms with Crippen LogP contribution in [0.3, 0.4) is 0 Å². The summed E-state index contributed by atoms with van der Waals surface area (Å²) in [4.78, 5) is 3.64. The number of rotatable bonds is 11. The summed E-state index contributed by atoms with van der Waals surface area (Å²) in [6.45, 7) is 7.69. The van der Waals surface area contributed by atoms with Gasteiger partial charge in [0.25, 0.3) is 0 Å². The molecule has 128 valence electrons. The molecule has 0 saturated carbocycles. The van der Waals surface area contributed by atoms with Crippen molar-refractivity contribution in [2.24, 2.45) is 5.92 Å². The Morgan fingerprint density at radius 1 is 1.30 bits per heavy atom. The van der Waals surface area contributed by atoms with Crippen LogP contribution in [0, 0.1) is 5.92 Å². The van der Waals surface area contributed by atoms with Crippen molar-refractivity contribution >= 4 is 11.3 Å². The van der Waals surface area contributed by atoms with Gasteiger partial charge in [0.2, 0.25) is 0 Å².